The Hall–Kier alpha value is -1.22. The normalized spacial score (nSPS) is 42.6. The van der Waals surface area contributed by atoms with Crippen molar-refractivity contribution >= 4 is 6.03 Å². The minimum atomic E-state index is -1.48. The number of urea groups is 1. The van der Waals surface area contributed by atoms with E-state index in [1.54, 1.807) is 0 Å². The second-order valence-corrected chi connectivity index (χ2v) is 5.20. The van der Waals surface area contributed by atoms with Gasteiger partial charge in [-0.3, -0.25) is 4.90 Å². The summed E-state index contributed by atoms with van der Waals surface area (Å²) in [5, 5.41) is 22.0. The van der Waals surface area contributed by atoms with Crippen LogP contribution in [0.1, 0.15) is 13.3 Å². The predicted molar refractivity (Wildman–Crippen MR) is 63.4 cm³/mol. The zero-order valence-electron chi connectivity index (χ0n) is 10.5. The number of alkyl halides is 1. The van der Waals surface area contributed by atoms with Crippen LogP contribution in [0.3, 0.4) is 0 Å². The molecule has 7 nitrogen and oxygen atoms in total. The van der Waals surface area contributed by atoms with Crippen molar-refractivity contribution in [2.45, 2.75) is 36.9 Å². The van der Waals surface area contributed by atoms with Gasteiger partial charge in [-0.25, -0.2) is 9.18 Å². The summed E-state index contributed by atoms with van der Waals surface area (Å²) >= 11 is 0. The molecular formula is C11H18FN3O4. The van der Waals surface area contributed by atoms with Gasteiger partial charge < -0.3 is 26.0 Å². The zero-order chi connectivity index (χ0) is 14.3. The molecule has 0 aromatic rings. The maximum absolute atomic E-state index is 13.0. The van der Waals surface area contributed by atoms with Gasteiger partial charge in [0.25, 0.3) is 0 Å². The van der Waals surface area contributed by atoms with Gasteiger partial charge in [0.15, 0.2) is 6.23 Å². The van der Waals surface area contributed by atoms with E-state index < -0.39 is 42.9 Å². The largest absolute Gasteiger partial charge is 0.393 e. The van der Waals surface area contributed by atoms with Crippen LogP contribution in [0.2, 0.25) is 0 Å². The molecule has 0 bridgehead atoms. The summed E-state index contributed by atoms with van der Waals surface area (Å²) in [5.74, 6) is 0. The van der Waals surface area contributed by atoms with E-state index in [9.17, 15) is 19.4 Å². The van der Waals surface area contributed by atoms with Crippen LogP contribution in [0.5, 0.6) is 0 Å². The number of carbonyl (C=O) groups excluding carboxylic acids is 1. The van der Waals surface area contributed by atoms with Crippen LogP contribution in [-0.2, 0) is 4.74 Å². The Morgan fingerprint density at radius 3 is 2.89 bits per heavy atom. The van der Waals surface area contributed by atoms with Crippen molar-refractivity contribution in [3.63, 3.8) is 0 Å². The minimum absolute atomic E-state index is 0.110. The molecule has 2 heterocycles. The van der Waals surface area contributed by atoms with Crippen LogP contribution >= 0.6 is 0 Å². The zero-order valence-corrected chi connectivity index (χ0v) is 10.5. The summed E-state index contributed by atoms with van der Waals surface area (Å²) in [4.78, 5) is 12.9. The number of rotatable bonds is 3. The van der Waals surface area contributed by atoms with Crippen molar-refractivity contribution in [1.82, 2.24) is 10.2 Å². The molecule has 0 spiro atoms. The Labute approximate surface area is 109 Å². The average molecular weight is 275 g/mol. The number of nitrogens with one attached hydrogen (secondary N) is 1. The van der Waals surface area contributed by atoms with Gasteiger partial charge in [0.1, 0.15) is 17.9 Å². The molecule has 2 aliphatic heterocycles. The Morgan fingerprint density at radius 2 is 2.42 bits per heavy atom. The summed E-state index contributed by atoms with van der Waals surface area (Å²) in [6, 6.07) is -0.548. The van der Waals surface area contributed by atoms with Gasteiger partial charge in [0.05, 0.1) is 12.8 Å². The highest BCUT2D eigenvalue weighted by atomic mass is 19.1. The van der Waals surface area contributed by atoms with Gasteiger partial charge in [-0.15, -0.1) is 0 Å². The maximum atomic E-state index is 13.0. The second-order valence-electron chi connectivity index (χ2n) is 5.20. The third-order valence-electron chi connectivity index (χ3n) is 3.34. The number of amides is 2. The molecule has 2 rings (SSSR count). The molecule has 108 valence electrons. The minimum Gasteiger partial charge on any atom is -0.393 e. The molecule has 1 saturated heterocycles. The first-order valence-electron chi connectivity index (χ1n) is 5.93. The number of ether oxygens (including phenoxy) is 1. The van der Waals surface area contributed by atoms with Gasteiger partial charge in [0.2, 0.25) is 0 Å². The molecule has 19 heavy (non-hydrogen) atoms. The number of aliphatic hydroxyl groups is 2. The van der Waals surface area contributed by atoms with Crippen LogP contribution in [0.15, 0.2) is 12.3 Å². The van der Waals surface area contributed by atoms with E-state index in [0.29, 0.717) is 0 Å². The Morgan fingerprint density at radius 1 is 1.74 bits per heavy atom. The van der Waals surface area contributed by atoms with Crippen LogP contribution in [0.4, 0.5) is 9.18 Å². The lowest BCUT2D eigenvalue weighted by Gasteiger charge is -2.35. The number of carbonyl (C=O) groups is 1. The molecule has 2 aliphatic rings. The molecule has 4 atom stereocenters. The van der Waals surface area contributed by atoms with Crippen LogP contribution in [0.25, 0.3) is 0 Å². The molecule has 1 fully saturated rings. The van der Waals surface area contributed by atoms with Crippen molar-refractivity contribution in [1.29, 1.82) is 0 Å². The van der Waals surface area contributed by atoms with Crippen molar-refractivity contribution in [3.8, 4) is 0 Å². The summed E-state index contributed by atoms with van der Waals surface area (Å²) in [6.45, 7) is -0.0932. The fraction of sp³-hybridized carbons (Fsp3) is 0.727. The number of halogens is 1. The quantitative estimate of drug-likeness (QED) is 0.529. The standard InChI is InChI=1S/C11H18FN3O4/c1-10(18)4-11(5-12,6-16)19-8(10)15-3-2-7(13)14-9(15)17/h2-3,7-8,16,18H,4-6,13H2,1H3,(H,14,17)/t7?,8-,10-,11-/m1/s1. The summed E-state index contributed by atoms with van der Waals surface area (Å²) in [5.41, 5.74) is 2.55. The van der Waals surface area contributed by atoms with Gasteiger partial charge in [-0.2, -0.15) is 0 Å². The molecular weight excluding hydrogens is 257 g/mol. The molecule has 0 radical (unpaired) electrons. The SMILES string of the molecule is C[C@@]1(O)C[C@](CO)(CF)O[C@H]1N1C=CC(N)NC1=O. The fourth-order valence-electron chi connectivity index (χ4n) is 2.42. The molecule has 0 aliphatic carbocycles. The molecule has 0 aromatic carbocycles. The van der Waals surface area contributed by atoms with Crippen LogP contribution < -0.4 is 11.1 Å². The highest BCUT2D eigenvalue weighted by Gasteiger charge is 2.56. The molecule has 1 unspecified atom stereocenters. The summed E-state index contributed by atoms with van der Waals surface area (Å²) in [7, 11) is 0. The first kappa shape index (κ1) is 14.2. The average Bonchev–Trinajstić information content (AvgIpc) is 2.62. The van der Waals surface area contributed by atoms with Crippen LogP contribution in [-0.4, -0.2) is 58.0 Å². The van der Waals surface area contributed by atoms with Crippen molar-refractivity contribution < 1.29 is 24.1 Å². The number of nitrogens with two attached hydrogens (primary N) is 1. The molecule has 0 saturated carbocycles. The van der Waals surface area contributed by atoms with E-state index in [0.717, 1.165) is 4.90 Å². The second kappa shape index (κ2) is 4.71. The number of nitrogens with zero attached hydrogens (tertiary/aromatic N) is 1. The lowest BCUT2D eigenvalue weighted by Crippen LogP contribution is -2.57. The van der Waals surface area contributed by atoms with E-state index in [4.69, 9.17) is 10.5 Å². The smallest absolute Gasteiger partial charge is 0.325 e. The fourth-order valence-corrected chi connectivity index (χ4v) is 2.42. The number of aliphatic hydroxyl groups excluding tert-OH is 1. The molecule has 5 N–H and O–H groups in total. The number of hydrogen-bond acceptors (Lipinski definition) is 5. The Kier molecular flexibility index (Phi) is 3.52. The first-order valence-corrected chi connectivity index (χ1v) is 5.93. The van der Waals surface area contributed by atoms with Gasteiger partial charge in [-0.1, -0.05) is 0 Å². The maximum Gasteiger partial charge on any atom is 0.325 e. The van der Waals surface area contributed by atoms with Gasteiger partial charge in [0, 0.05) is 12.6 Å². The summed E-state index contributed by atoms with van der Waals surface area (Å²) < 4.78 is 18.4. The third-order valence-corrected chi connectivity index (χ3v) is 3.34. The van der Waals surface area contributed by atoms with Gasteiger partial charge in [-0.05, 0) is 13.0 Å². The van der Waals surface area contributed by atoms with E-state index in [2.05, 4.69) is 5.32 Å². The van der Waals surface area contributed by atoms with Crippen molar-refractivity contribution in [3.05, 3.63) is 12.3 Å². The molecule has 2 amide bonds. The third kappa shape index (κ3) is 2.44. The van der Waals surface area contributed by atoms with E-state index >= 15 is 0 Å². The highest BCUT2D eigenvalue weighted by Crippen LogP contribution is 2.40. The predicted octanol–water partition coefficient (Wildman–Crippen LogP) is -0.992. The number of hydrogen-bond donors (Lipinski definition) is 4. The van der Waals surface area contributed by atoms with Crippen LogP contribution in [0, 0.1) is 0 Å². The first-order chi connectivity index (χ1) is 8.83. The Bertz CT molecular complexity index is 397. The van der Waals surface area contributed by atoms with E-state index in [-0.39, 0.29) is 6.42 Å². The monoisotopic (exact) mass is 275 g/mol. The molecule has 0 aromatic heterocycles. The Balaban J connectivity index is 2.25. The van der Waals surface area contributed by atoms with Crippen molar-refractivity contribution in [2.24, 2.45) is 5.73 Å². The lowest BCUT2D eigenvalue weighted by atomic mass is 9.92. The molecule has 8 heteroatoms. The van der Waals surface area contributed by atoms with Crippen molar-refractivity contribution in [2.75, 3.05) is 13.3 Å². The topological polar surface area (TPSA) is 108 Å². The lowest BCUT2D eigenvalue weighted by molar-refractivity contribution is -0.138. The van der Waals surface area contributed by atoms with Gasteiger partial charge >= 0.3 is 6.03 Å². The van der Waals surface area contributed by atoms with E-state index in [1.807, 2.05) is 0 Å². The van der Waals surface area contributed by atoms with E-state index in [1.165, 1.54) is 19.2 Å². The summed E-state index contributed by atoms with van der Waals surface area (Å²) in [6.07, 6.45) is 1.09. The highest BCUT2D eigenvalue weighted by molar-refractivity contribution is 5.77.